The zero-order chi connectivity index (χ0) is 22.5. The molecule has 0 amide bonds. The molecule has 0 unspecified atom stereocenters. The fraction of sp³-hybridized carbons (Fsp3) is 0.407. The average molecular weight is 425 g/mol. The van der Waals surface area contributed by atoms with Crippen LogP contribution in [0.5, 0.6) is 5.75 Å². The van der Waals surface area contributed by atoms with Crippen molar-refractivity contribution in [2.75, 3.05) is 19.8 Å². The predicted molar refractivity (Wildman–Crippen MR) is 129 cm³/mol. The van der Waals surface area contributed by atoms with Gasteiger partial charge in [-0.1, -0.05) is 51.0 Å². The number of rotatable bonds is 13. The fourth-order valence-electron chi connectivity index (χ4n) is 3.20. The standard InChI is InChI=1S/C27H36O4/c1-4-6-8-24(27(29)20-28)19-25-18-23(10-9-21(25)3)22-11-13-26(14-12-22)31-17-16-30-15-7-5-2/h9-14,18-20,28-29H,4-8,15-17H2,1-3H3/b24-19+,27-20?. The molecule has 2 rings (SSSR count). The smallest absolute Gasteiger partial charge is 0.152 e. The van der Waals surface area contributed by atoms with Crippen LogP contribution < -0.4 is 4.74 Å². The van der Waals surface area contributed by atoms with Gasteiger partial charge in [0, 0.05) is 6.61 Å². The van der Waals surface area contributed by atoms with Crippen molar-refractivity contribution in [2.24, 2.45) is 0 Å². The number of aliphatic hydroxyl groups excluding tert-OH is 2. The number of benzene rings is 2. The summed E-state index contributed by atoms with van der Waals surface area (Å²) in [6.45, 7) is 8.24. The van der Waals surface area contributed by atoms with Crippen molar-refractivity contribution in [1.82, 2.24) is 0 Å². The Morgan fingerprint density at radius 3 is 2.29 bits per heavy atom. The summed E-state index contributed by atoms with van der Waals surface area (Å²) in [4.78, 5) is 0. The number of aliphatic hydroxyl groups is 2. The summed E-state index contributed by atoms with van der Waals surface area (Å²) in [6, 6.07) is 14.3. The highest BCUT2D eigenvalue weighted by Crippen LogP contribution is 2.27. The molecule has 31 heavy (non-hydrogen) atoms. The van der Waals surface area contributed by atoms with E-state index in [1.54, 1.807) is 0 Å². The lowest BCUT2D eigenvalue weighted by atomic mass is 9.96. The topological polar surface area (TPSA) is 58.9 Å². The van der Waals surface area contributed by atoms with E-state index in [1.807, 2.05) is 25.1 Å². The Kier molecular flexibility index (Phi) is 10.7. The molecule has 2 N–H and O–H groups in total. The minimum absolute atomic E-state index is 0.0709. The van der Waals surface area contributed by atoms with Gasteiger partial charge in [0.25, 0.3) is 0 Å². The van der Waals surface area contributed by atoms with Gasteiger partial charge in [0.05, 0.1) is 6.61 Å². The molecule has 4 heteroatoms. The van der Waals surface area contributed by atoms with Gasteiger partial charge in [0.15, 0.2) is 5.76 Å². The monoisotopic (exact) mass is 424 g/mol. The van der Waals surface area contributed by atoms with Gasteiger partial charge in [-0.2, -0.15) is 0 Å². The molecule has 0 bridgehead atoms. The van der Waals surface area contributed by atoms with E-state index in [0.717, 1.165) is 78.5 Å². The maximum absolute atomic E-state index is 10.1. The molecule has 0 heterocycles. The number of ether oxygens (including phenoxy) is 2. The van der Waals surface area contributed by atoms with E-state index in [0.29, 0.717) is 13.2 Å². The van der Waals surface area contributed by atoms with Crippen LogP contribution in [0.25, 0.3) is 17.2 Å². The van der Waals surface area contributed by atoms with E-state index in [9.17, 15) is 10.2 Å². The molecule has 0 aliphatic carbocycles. The van der Waals surface area contributed by atoms with Gasteiger partial charge in [-0.05, 0) is 78.3 Å². The van der Waals surface area contributed by atoms with Crippen molar-refractivity contribution in [2.45, 2.75) is 52.9 Å². The van der Waals surface area contributed by atoms with Crippen LogP contribution in [-0.4, -0.2) is 30.0 Å². The van der Waals surface area contributed by atoms with Crippen LogP contribution in [-0.2, 0) is 4.74 Å². The van der Waals surface area contributed by atoms with E-state index < -0.39 is 0 Å². The molecule has 0 aromatic heterocycles. The summed E-state index contributed by atoms with van der Waals surface area (Å²) in [7, 11) is 0. The molecule has 168 valence electrons. The zero-order valence-electron chi connectivity index (χ0n) is 19.1. The van der Waals surface area contributed by atoms with Crippen LogP contribution in [0.1, 0.15) is 57.1 Å². The SMILES string of the molecule is CCCCOCCOc1ccc(-c2ccc(C)c(/C=C(\CCCC)C(O)=CO)c2)cc1. The third-order valence-corrected chi connectivity index (χ3v) is 5.19. The van der Waals surface area contributed by atoms with Crippen LogP contribution in [0.4, 0.5) is 0 Å². The number of unbranched alkanes of at least 4 members (excludes halogenated alkanes) is 2. The van der Waals surface area contributed by atoms with Gasteiger partial charge in [-0.15, -0.1) is 0 Å². The Hall–Kier alpha value is -2.72. The minimum atomic E-state index is -0.0709. The average Bonchev–Trinajstić information content (AvgIpc) is 2.80. The van der Waals surface area contributed by atoms with Crippen LogP contribution in [0.2, 0.25) is 0 Å². The summed E-state index contributed by atoms with van der Waals surface area (Å²) < 4.78 is 11.3. The minimum Gasteiger partial charge on any atom is -0.512 e. The molecule has 0 radical (unpaired) electrons. The molecular weight excluding hydrogens is 388 g/mol. The van der Waals surface area contributed by atoms with Crippen LogP contribution in [0.15, 0.2) is 60.1 Å². The van der Waals surface area contributed by atoms with Crippen LogP contribution >= 0.6 is 0 Å². The van der Waals surface area contributed by atoms with Gasteiger partial charge in [-0.3, -0.25) is 0 Å². The summed E-state index contributed by atoms with van der Waals surface area (Å²) >= 11 is 0. The molecule has 0 aliphatic rings. The molecule has 0 saturated carbocycles. The maximum atomic E-state index is 10.1. The van der Waals surface area contributed by atoms with Gasteiger partial charge in [0.1, 0.15) is 18.6 Å². The first kappa shape index (κ1) is 24.5. The molecule has 4 nitrogen and oxygen atoms in total. The number of aryl methyl sites for hydroxylation is 1. The Balaban J connectivity index is 2.10. The lowest BCUT2D eigenvalue weighted by molar-refractivity contribution is 0.0981. The van der Waals surface area contributed by atoms with Crippen molar-refractivity contribution < 1.29 is 19.7 Å². The summed E-state index contributed by atoms with van der Waals surface area (Å²) in [6.07, 6.45) is 7.65. The number of hydrogen-bond acceptors (Lipinski definition) is 4. The highest BCUT2D eigenvalue weighted by atomic mass is 16.5. The zero-order valence-corrected chi connectivity index (χ0v) is 19.1. The van der Waals surface area contributed by atoms with Crippen molar-refractivity contribution >= 4 is 6.08 Å². The first-order valence-electron chi connectivity index (χ1n) is 11.2. The number of hydrogen-bond donors (Lipinski definition) is 2. The van der Waals surface area contributed by atoms with Gasteiger partial charge >= 0.3 is 0 Å². The van der Waals surface area contributed by atoms with Crippen molar-refractivity contribution in [3.8, 4) is 16.9 Å². The van der Waals surface area contributed by atoms with E-state index in [2.05, 4.69) is 44.2 Å². The van der Waals surface area contributed by atoms with Crippen LogP contribution in [0, 0.1) is 6.92 Å². The molecule has 0 saturated heterocycles. The lowest BCUT2D eigenvalue weighted by Gasteiger charge is -2.11. The summed E-state index contributed by atoms with van der Waals surface area (Å²) in [5.74, 6) is 0.758. The second-order valence-electron chi connectivity index (χ2n) is 7.70. The van der Waals surface area contributed by atoms with Crippen molar-refractivity contribution in [3.05, 3.63) is 71.2 Å². The van der Waals surface area contributed by atoms with Gasteiger partial charge in [-0.25, -0.2) is 0 Å². The molecule has 0 atom stereocenters. The van der Waals surface area contributed by atoms with E-state index in [1.165, 1.54) is 0 Å². The largest absolute Gasteiger partial charge is 0.512 e. The van der Waals surface area contributed by atoms with Crippen molar-refractivity contribution in [1.29, 1.82) is 0 Å². The highest BCUT2D eigenvalue weighted by molar-refractivity contribution is 5.71. The first-order chi connectivity index (χ1) is 15.1. The Morgan fingerprint density at radius 2 is 1.61 bits per heavy atom. The molecule has 2 aromatic rings. The second kappa shape index (κ2) is 13.6. The third kappa shape index (κ3) is 8.14. The Bertz CT molecular complexity index is 850. The summed E-state index contributed by atoms with van der Waals surface area (Å²) in [5.41, 5.74) is 5.08. The predicted octanol–water partition coefficient (Wildman–Crippen LogP) is 7.39. The van der Waals surface area contributed by atoms with Crippen molar-refractivity contribution in [3.63, 3.8) is 0 Å². The molecule has 0 fully saturated rings. The fourth-order valence-corrected chi connectivity index (χ4v) is 3.20. The molecule has 0 spiro atoms. The Morgan fingerprint density at radius 1 is 0.903 bits per heavy atom. The van der Waals surface area contributed by atoms with E-state index in [-0.39, 0.29) is 5.76 Å². The lowest BCUT2D eigenvalue weighted by Crippen LogP contribution is -2.07. The van der Waals surface area contributed by atoms with Gasteiger partial charge < -0.3 is 19.7 Å². The molecule has 0 aliphatic heterocycles. The number of allylic oxidation sites excluding steroid dienone is 1. The first-order valence-corrected chi connectivity index (χ1v) is 11.2. The van der Waals surface area contributed by atoms with Gasteiger partial charge in [0.2, 0.25) is 0 Å². The molecular formula is C27H36O4. The summed E-state index contributed by atoms with van der Waals surface area (Å²) in [5, 5.41) is 19.3. The molecule has 2 aromatic carbocycles. The quantitative estimate of drug-likeness (QED) is 0.200. The second-order valence-corrected chi connectivity index (χ2v) is 7.70. The highest BCUT2D eigenvalue weighted by Gasteiger charge is 2.07. The third-order valence-electron chi connectivity index (χ3n) is 5.19. The Labute approximate surface area is 186 Å². The van der Waals surface area contributed by atoms with Crippen LogP contribution in [0.3, 0.4) is 0 Å². The van der Waals surface area contributed by atoms with E-state index in [4.69, 9.17) is 9.47 Å². The van der Waals surface area contributed by atoms with E-state index >= 15 is 0 Å². The normalized spacial score (nSPS) is 12.2. The maximum Gasteiger partial charge on any atom is 0.152 e.